The third-order valence-electron chi connectivity index (χ3n) is 2.51. The number of nitrogens with two attached hydrogens (primary N) is 1. The SMILES string of the molecule is COc1cc2c(c(Cl)c1C(N)=O)C(Cl)C=CN2. The number of hydrogen-bond donors (Lipinski definition) is 2. The van der Waals surface area contributed by atoms with Crippen molar-refractivity contribution >= 4 is 34.8 Å². The molecule has 1 unspecified atom stereocenters. The molecule has 0 saturated heterocycles. The van der Waals surface area contributed by atoms with E-state index in [1.54, 1.807) is 18.3 Å². The van der Waals surface area contributed by atoms with E-state index >= 15 is 0 Å². The van der Waals surface area contributed by atoms with E-state index < -0.39 is 11.3 Å². The molecule has 2 rings (SSSR count). The van der Waals surface area contributed by atoms with Crippen LogP contribution in [-0.4, -0.2) is 13.0 Å². The van der Waals surface area contributed by atoms with Gasteiger partial charge in [-0.3, -0.25) is 4.79 Å². The number of alkyl halides is 1. The van der Waals surface area contributed by atoms with Crippen molar-refractivity contribution in [1.82, 2.24) is 0 Å². The van der Waals surface area contributed by atoms with Crippen LogP contribution in [0.2, 0.25) is 5.02 Å². The summed E-state index contributed by atoms with van der Waals surface area (Å²) < 4.78 is 5.10. The van der Waals surface area contributed by atoms with Crippen molar-refractivity contribution in [2.75, 3.05) is 12.4 Å². The smallest absolute Gasteiger partial charge is 0.254 e. The molecule has 90 valence electrons. The van der Waals surface area contributed by atoms with Crippen molar-refractivity contribution in [2.45, 2.75) is 5.38 Å². The predicted octanol–water partition coefficient (Wildman–Crippen LogP) is 2.67. The summed E-state index contributed by atoms with van der Waals surface area (Å²) in [6, 6.07) is 1.65. The number of benzene rings is 1. The van der Waals surface area contributed by atoms with Gasteiger partial charge in [0.2, 0.25) is 0 Å². The molecule has 0 aliphatic carbocycles. The van der Waals surface area contributed by atoms with Gasteiger partial charge in [-0.05, 0) is 12.3 Å². The first-order chi connectivity index (χ1) is 8.06. The van der Waals surface area contributed by atoms with E-state index in [1.807, 2.05) is 0 Å². The second-order valence-corrected chi connectivity index (χ2v) is 4.35. The minimum atomic E-state index is -0.645. The van der Waals surface area contributed by atoms with Crippen LogP contribution in [0.25, 0.3) is 0 Å². The van der Waals surface area contributed by atoms with Crippen molar-refractivity contribution in [1.29, 1.82) is 0 Å². The van der Waals surface area contributed by atoms with Gasteiger partial charge in [0.15, 0.2) is 0 Å². The molecule has 1 aliphatic rings. The third-order valence-corrected chi connectivity index (χ3v) is 3.27. The summed E-state index contributed by atoms with van der Waals surface area (Å²) in [6.45, 7) is 0. The molecule has 0 saturated carbocycles. The third kappa shape index (κ3) is 1.94. The van der Waals surface area contributed by atoms with Crippen LogP contribution < -0.4 is 15.8 Å². The minimum Gasteiger partial charge on any atom is -0.496 e. The highest BCUT2D eigenvalue weighted by atomic mass is 35.5. The quantitative estimate of drug-likeness (QED) is 0.814. The van der Waals surface area contributed by atoms with Crippen LogP contribution in [-0.2, 0) is 0 Å². The molecule has 1 aromatic rings. The summed E-state index contributed by atoms with van der Waals surface area (Å²) in [5.41, 5.74) is 6.77. The molecule has 6 heteroatoms. The Morgan fingerprint density at radius 3 is 2.88 bits per heavy atom. The summed E-state index contributed by atoms with van der Waals surface area (Å²) in [4.78, 5) is 11.4. The number of fused-ring (bicyclic) bond motifs is 1. The lowest BCUT2D eigenvalue weighted by Gasteiger charge is -2.21. The highest BCUT2D eigenvalue weighted by molar-refractivity contribution is 6.37. The first kappa shape index (κ1) is 12.1. The first-order valence-corrected chi connectivity index (χ1v) is 5.65. The number of primary amides is 1. The van der Waals surface area contributed by atoms with Crippen LogP contribution in [0.4, 0.5) is 5.69 Å². The van der Waals surface area contributed by atoms with Gasteiger partial charge in [-0.2, -0.15) is 0 Å². The highest BCUT2D eigenvalue weighted by Crippen LogP contribution is 2.43. The molecule has 3 N–H and O–H groups in total. The van der Waals surface area contributed by atoms with Crippen molar-refractivity contribution in [3.8, 4) is 5.75 Å². The first-order valence-electron chi connectivity index (χ1n) is 4.83. The Morgan fingerprint density at radius 1 is 1.59 bits per heavy atom. The highest BCUT2D eigenvalue weighted by Gasteiger charge is 2.25. The number of carbonyl (C=O) groups excluding carboxylic acids is 1. The van der Waals surface area contributed by atoms with Crippen LogP contribution in [0, 0.1) is 0 Å². The Labute approximate surface area is 108 Å². The van der Waals surface area contributed by atoms with Crippen molar-refractivity contribution in [3.63, 3.8) is 0 Å². The number of nitrogens with one attached hydrogen (secondary N) is 1. The Kier molecular flexibility index (Phi) is 3.17. The summed E-state index contributed by atoms with van der Waals surface area (Å²) >= 11 is 12.3. The number of ether oxygens (including phenoxy) is 1. The molecule has 17 heavy (non-hydrogen) atoms. The van der Waals surface area contributed by atoms with Gasteiger partial charge in [0, 0.05) is 17.3 Å². The number of amides is 1. The average Bonchev–Trinajstić information content (AvgIpc) is 2.27. The second kappa shape index (κ2) is 4.47. The monoisotopic (exact) mass is 272 g/mol. The van der Waals surface area contributed by atoms with Gasteiger partial charge in [-0.15, -0.1) is 11.6 Å². The molecule has 0 bridgehead atoms. The normalized spacial score (nSPS) is 17.2. The van der Waals surface area contributed by atoms with E-state index in [0.29, 0.717) is 17.0 Å². The zero-order chi connectivity index (χ0) is 12.6. The van der Waals surface area contributed by atoms with Gasteiger partial charge in [-0.1, -0.05) is 11.6 Å². The maximum atomic E-state index is 11.4. The summed E-state index contributed by atoms with van der Waals surface area (Å²) in [7, 11) is 1.45. The van der Waals surface area contributed by atoms with Gasteiger partial charge >= 0.3 is 0 Å². The molecule has 1 aromatic carbocycles. The van der Waals surface area contributed by atoms with Gasteiger partial charge < -0.3 is 15.8 Å². The molecule has 0 spiro atoms. The number of methoxy groups -OCH3 is 1. The summed E-state index contributed by atoms with van der Waals surface area (Å²) in [5, 5.41) is 2.82. The van der Waals surface area contributed by atoms with Crippen molar-refractivity contribution < 1.29 is 9.53 Å². The maximum Gasteiger partial charge on any atom is 0.254 e. The zero-order valence-corrected chi connectivity index (χ0v) is 10.5. The topological polar surface area (TPSA) is 64.3 Å². The standard InChI is InChI=1S/C11H10Cl2N2O2/c1-17-7-4-6-8(5(12)2-3-15-6)10(13)9(7)11(14)16/h2-5,15H,1H3,(H2,14,16). The van der Waals surface area contributed by atoms with Crippen LogP contribution in [0.15, 0.2) is 18.3 Å². The molecule has 0 aromatic heterocycles. The fourth-order valence-electron chi connectivity index (χ4n) is 1.74. The van der Waals surface area contributed by atoms with E-state index in [9.17, 15) is 4.79 Å². The van der Waals surface area contributed by atoms with Crippen LogP contribution in [0.1, 0.15) is 21.3 Å². The molecule has 1 amide bonds. The minimum absolute atomic E-state index is 0.149. The van der Waals surface area contributed by atoms with Crippen LogP contribution in [0.5, 0.6) is 5.75 Å². The van der Waals surface area contributed by atoms with Crippen LogP contribution in [0.3, 0.4) is 0 Å². The lowest BCUT2D eigenvalue weighted by molar-refractivity contribution is 0.0997. The molecule has 0 radical (unpaired) electrons. The number of rotatable bonds is 2. The van der Waals surface area contributed by atoms with Gasteiger partial charge in [0.05, 0.1) is 17.5 Å². The molecular weight excluding hydrogens is 263 g/mol. The predicted molar refractivity (Wildman–Crippen MR) is 67.9 cm³/mol. The number of halogens is 2. The number of anilines is 1. The van der Waals surface area contributed by atoms with E-state index in [0.717, 1.165) is 0 Å². The molecule has 1 aliphatic heterocycles. The number of carbonyl (C=O) groups is 1. The van der Waals surface area contributed by atoms with Crippen molar-refractivity contribution in [2.24, 2.45) is 5.73 Å². The summed E-state index contributed by atoms with van der Waals surface area (Å²) in [6.07, 6.45) is 3.44. The van der Waals surface area contributed by atoms with E-state index in [2.05, 4.69) is 5.32 Å². The van der Waals surface area contributed by atoms with Gasteiger partial charge in [0.1, 0.15) is 11.3 Å². The Bertz CT molecular complexity index is 515. The van der Waals surface area contributed by atoms with E-state index in [-0.39, 0.29) is 10.6 Å². The van der Waals surface area contributed by atoms with Crippen LogP contribution >= 0.6 is 23.2 Å². The van der Waals surface area contributed by atoms with E-state index in [4.69, 9.17) is 33.7 Å². The lowest BCUT2D eigenvalue weighted by atomic mass is 10.0. The molecule has 1 atom stereocenters. The summed E-state index contributed by atoms with van der Waals surface area (Å²) in [5.74, 6) is -0.319. The molecular formula is C11H10Cl2N2O2. The number of allylic oxidation sites excluding steroid dienone is 1. The molecule has 0 fully saturated rings. The molecule has 1 heterocycles. The Hall–Kier alpha value is -1.39. The number of hydrogen-bond acceptors (Lipinski definition) is 3. The van der Waals surface area contributed by atoms with Gasteiger partial charge in [-0.25, -0.2) is 0 Å². The molecule has 4 nitrogen and oxygen atoms in total. The fourth-order valence-corrected chi connectivity index (χ4v) is 2.50. The largest absolute Gasteiger partial charge is 0.496 e. The Morgan fingerprint density at radius 2 is 2.29 bits per heavy atom. The average molecular weight is 273 g/mol. The fraction of sp³-hybridized carbons (Fsp3) is 0.182. The maximum absolute atomic E-state index is 11.4. The van der Waals surface area contributed by atoms with Gasteiger partial charge in [0.25, 0.3) is 5.91 Å². The second-order valence-electron chi connectivity index (χ2n) is 3.50. The van der Waals surface area contributed by atoms with E-state index in [1.165, 1.54) is 7.11 Å². The Balaban J connectivity index is 2.71. The zero-order valence-electron chi connectivity index (χ0n) is 8.96. The lowest BCUT2D eigenvalue weighted by Crippen LogP contribution is -2.16. The van der Waals surface area contributed by atoms with Crippen molar-refractivity contribution in [3.05, 3.63) is 34.5 Å².